The van der Waals surface area contributed by atoms with Gasteiger partial charge in [-0.15, -0.1) is 0 Å². The van der Waals surface area contributed by atoms with Gasteiger partial charge in [-0.3, -0.25) is 16.0 Å². The molecular formula is C14H28N4O. The fraction of sp³-hybridized carbons (Fsp3) is 0.786. The molecule has 110 valence electrons. The lowest BCUT2D eigenvalue weighted by molar-refractivity contribution is 0.385. The maximum absolute atomic E-state index is 5.67. The quantitative estimate of drug-likeness (QED) is 0.389. The smallest absolute Gasteiger partial charge is 0.161 e. The van der Waals surface area contributed by atoms with Crippen molar-refractivity contribution in [3.8, 4) is 5.75 Å². The Balaban J connectivity index is 2.42. The van der Waals surface area contributed by atoms with Crippen LogP contribution < -0.4 is 16.0 Å². The molecule has 0 aromatic carbocycles. The van der Waals surface area contributed by atoms with Crippen LogP contribution in [0.1, 0.15) is 63.6 Å². The summed E-state index contributed by atoms with van der Waals surface area (Å²) in [5.41, 5.74) is 3.91. The molecule has 1 aromatic rings. The Morgan fingerprint density at radius 1 is 1.32 bits per heavy atom. The van der Waals surface area contributed by atoms with Crippen molar-refractivity contribution in [1.82, 2.24) is 15.2 Å². The molecule has 0 radical (unpaired) electrons. The number of hydrogen-bond donors (Lipinski definition) is 2. The van der Waals surface area contributed by atoms with Gasteiger partial charge in [-0.05, 0) is 6.42 Å². The van der Waals surface area contributed by atoms with Crippen molar-refractivity contribution in [2.45, 2.75) is 57.9 Å². The SMILES string of the molecule is CCCCCCCCC(NN)c1c(OC)cnn1C. The number of nitrogens with zero attached hydrogens (tertiary/aromatic N) is 2. The van der Waals surface area contributed by atoms with Crippen LogP contribution in [0.15, 0.2) is 6.20 Å². The molecule has 1 heterocycles. The maximum atomic E-state index is 5.67. The Morgan fingerprint density at radius 2 is 2.00 bits per heavy atom. The zero-order chi connectivity index (χ0) is 14.1. The van der Waals surface area contributed by atoms with E-state index in [2.05, 4.69) is 17.4 Å². The van der Waals surface area contributed by atoms with Gasteiger partial charge in [-0.25, -0.2) is 0 Å². The van der Waals surface area contributed by atoms with Gasteiger partial charge in [0.1, 0.15) is 0 Å². The minimum absolute atomic E-state index is 0.105. The van der Waals surface area contributed by atoms with Gasteiger partial charge >= 0.3 is 0 Å². The van der Waals surface area contributed by atoms with E-state index in [0.29, 0.717) is 0 Å². The van der Waals surface area contributed by atoms with Crippen LogP contribution in [0.5, 0.6) is 5.75 Å². The van der Waals surface area contributed by atoms with Crippen LogP contribution in [-0.2, 0) is 7.05 Å². The van der Waals surface area contributed by atoms with E-state index in [-0.39, 0.29) is 6.04 Å². The van der Waals surface area contributed by atoms with E-state index in [4.69, 9.17) is 10.6 Å². The second-order valence-corrected chi connectivity index (χ2v) is 5.00. The first-order chi connectivity index (χ1) is 9.24. The van der Waals surface area contributed by atoms with Gasteiger partial charge in [-0.1, -0.05) is 45.4 Å². The summed E-state index contributed by atoms with van der Waals surface area (Å²) in [6.07, 6.45) is 10.5. The van der Waals surface area contributed by atoms with Gasteiger partial charge in [0.05, 0.1) is 25.0 Å². The summed E-state index contributed by atoms with van der Waals surface area (Å²) < 4.78 is 7.16. The minimum Gasteiger partial charge on any atom is -0.493 e. The molecule has 0 aliphatic heterocycles. The lowest BCUT2D eigenvalue weighted by Gasteiger charge is -2.17. The lowest BCUT2D eigenvalue weighted by atomic mass is 10.0. The van der Waals surface area contributed by atoms with E-state index < -0.39 is 0 Å². The number of hydrogen-bond acceptors (Lipinski definition) is 4. The summed E-state index contributed by atoms with van der Waals surface area (Å²) in [4.78, 5) is 0. The Bertz CT molecular complexity index is 351. The average Bonchev–Trinajstić information content (AvgIpc) is 2.79. The van der Waals surface area contributed by atoms with Crippen molar-refractivity contribution in [3.63, 3.8) is 0 Å². The predicted molar refractivity (Wildman–Crippen MR) is 77.8 cm³/mol. The van der Waals surface area contributed by atoms with E-state index >= 15 is 0 Å². The first kappa shape index (κ1) is 16.0. The van der Waals surface area contributed by atoms with Crippen LogP contribution >= 0.6 is 0 Å². The van der Waals surface area contributed by atoms with Crippen LogP contribution in [-0.4, -0.2) is 16.9 Å². The number of hydrazine groups is 1. The van der Waals surface area contributed by atoms with Gasteiger partial charge in [0, 0.05) is 7.05 Å². The zero-order valence-corrected chi connectivity index (χ0v) is 12.5. The third-order valence-electron chi connectivity index (χ3n) is 3.55. The summed E-state index contributed by atoms with van der Waals surface area (Å²) in [6.45, 7) is 2.24. The Morgan fingerprint density at radius 3 is 2.63 bits per heavy atom. The monoisotopic (exact) mass is 268 g/mol. The molecule has 0 aliphatic rings. The molecule has 0 amide bonds. The molecule has 3 N–H and O–H groups in total. The number of rotatable bonds is 10. The van der Waals surface area contributed by atoms with Crippen molar-refractivity contribution >= 4 is 0 Å². The molecule has 5 heteroatoms. The van der Waals surface area contributed by atoms with E-state index in [1.807, 2.05) is 11.7 Å². The van der Waals surface area contributed by atoms with Crippen LogP contribution in [0.25, 0.3) is 0 Å². The molecule has 0 spiro atoms. The highest BCUT2D eigenvalue weighted by molar-refractivity contribution is 5.27. The Labute approximate surface area is 116 Å². The van der Waals surface area contributed by atoms with E-state index in [1.165, 1.54) is 38.5 Å². The highest BCUT2D eigenvalue weighted by Gasteiger charge is 2.18. The molecule has 0 aliphatic carbocycles. The van der Waals surface area contributed by atoms with Gasteiger partial charge in [0.15, 0.2) is 5.75 Å². The predicted octanol–water partition coefficient (Wildman–Crippen LogP) is 2.68. The average molecular weight is 268 g/mol. The summed E-state index contributed by atoms with van der Waals surface area (Å²) in [6, 6.07) is 0.105. The van der Waals surface area contributed by atoms with Gasteiger partial charge in [0.25, 0.3) is 0 Å². The standard InChI is InChI=1S/C14H28N4O/c1-4-5-6-7-8-9-10-12(17-15)14-13(19-3)11-16-18(14)2/h11-12,17H,4-10,15H2,1-3H3. The Kier molecular flexibility index (Phi) is 7.52. The number of nitrogens with one attached hydrogen (secondary N) is 1. The molecule has 1 atom stereocenters. The number of unbranched alkanes of at least 4 members (excludes halogenated alkanes) is 5. The number of aromatic nitrogens is 2. The summed E-state index contributed by atoms with van der Waals surface area (Å²) in [5, 5.41) is 4.22. The summed E-state index contributed by atoms with van der Waals surface area (Å²) in [7, 11) is 3.59. The van der Waals surface area contributed by atoms with Crippen molar-refractivity contribution in [1.29, 1.82) is 0 Å². The van der Waals surface area contributed by atoms with Crippen molar-refractivity contribution in [3.05, 3.63) is 11.9 Å². The molecule has 0 bridgehead atoms. The van der Waals surface area contributed by atoms with Crippen LogP contribution in [0.4, 0.5) is 0 Å². The number of aryl methyl sites for hydroxylation is 1. The summed E-state index contributed by atoms with van der Waals surface area (Å²) >= 11 is 0. The van der Waals surface area contributed by atoms with E-state index in [9.17, 15) is 0 Å². The first-order valence-electron chi connectivity index (χ1n) is 7.26. The maximum Gasteiger partial charge on any atom is 0.161 e. The molecular weight excluding hydrogens is 240 g/mol. The molecule has 0 saturated heterocycles. The normalized spacial score (nSPS) is 12.6. The number of ether oxygens (including phenoxy) is 1. The number of nitrogens with two attached hydrogens (primary N) is 1. The fourth-order valence-corrected chi connectivity index (χ4v) is 2.41. The molecule has 19 heavy (non-hydrogen) atoms. The second-order valence-electron chi connectivity index (χ2n) is 5.00. The second kappa shape index (κ2) is 8.93. The topological polar surface area (TPSA) is 65.1 Å². The van der Waals surface area contributed by atoms with Crippen molar-refractivity contribution in [2.24, 2.45) is 12.9 Å². The highest BCUT2D eigenvalue weighted by Crippen LogP contribution is 2.27. The van der Waals surface area contributed by atoms with E-state index in [1.54, 1.807) is 13.3 Å². The van der Waals surface area contributed by atoms with Crippen LogP contribution in [0.2, 0.25) is 0 Å². The lowest BCUT2D eigenvalue weighted by Crippen LogP contribution is -2.29. The van der Waals surface area contributed by atoms with Gasteiger partial charge in [0.2, 0.25) is 0 Å². The van der Waals surface area contributed by atoms with Gasteiger partial charge < -0.3 is 4.74 Å². The minimum atomic E-state index is 0.105. The Hall–Kier alpha value is -1.07. The third kappa shape index (κ3) is 4.84. The molecule has 0 saturated carbocycles. The molecule has 1 aromatic heterocycles. The third-order valence-corrected chi connectivity index (χ3v) is 3.55. The van der Waals surface area contributed by atoms with Crippen LogP contribution in [0.3, 0.4) is 0 Å². The number of methoxy groups -OCH3 is 1. The molecule has 1 rings (SSSR count). The van der Waals surface area contributed by atoms with Crippen molar-refractivity contribution in [2.75, 3.05) is 7.11 Å². The summed E-state index contributed by atoms with van der Waals surface area (Å²) in [5.74, 6) is 6.47. The molecule has 5 nitrogen and oxygen atoms in total. The highest BCUT2D eigenvalue weighted by atomic mass is 16.5. The largest absolute Gasteiger partial charge is 0.493 e. The first-order valence-corrected chi connectivity index (χ1v) is 7.26. The molecule has 0 fully saturated rings. The zero-order valence-electron chi connectivity index (χ0n) is 12.5. The van der Waals surface area contributed by atoms with Crippen molar-refractivity contribution < 1.29 is 4.74 Å². The van der Waals surface area contributed by atoms with Gasteiger partial charge in [-0.2, -0.15) is 5.10 Å². The molecule has 1 unspecified atom stereocenters. The van der Waals surface area contributed by atoms with Crippen LogP contribution in [0, 0.1) is 0 Å². The van der Waals surface area contributed by atoms with E-state index in [0.717, 1.165) is 17.9 Å². The fourth-order valence-electron chi connectivity index (χ4n) is 2.41.